The van der Waals surface area contributed by atoms with E-state index in [1.165, 1.54) is 11.3 Å². The Hall–Kier alpha value is -3.23. The van der Waals surface area contributed by atoms with E-state index in [1.54, 1.807) is 6.20 Å². The van der Waals surface area contributed by atoms with Crippen molar-refractivity contribution in [3.05, 3.63) is 64.9 Å². The lowest BCUT2D eigenvalue weighted by Gasteiger charge is -2.29. The molecule has 0 bridgehead atoms. The van der Waals surface area contributed by atoms with Crippen molar-refractivity contribution < 1.29 is 9.53 Å². The van der Waals surface area contributed by atoms with Crippen LogP contribution in [0.3, 0.4) is 0 Å². The summed E-state index contributed by atoms with van der Waals surface area (Å²) in [6, 6.07) is 13.2. The van der Waals surface area contributed by atoms with E-state index in [-0.39, 0.29) is 18.3 Å². The van der Waals surface area contributed by atoms with E-state index in [0.717, 1.165) is 58.3 Å². The van der Waals surface area contributed by atoms with Gasteiger partial charge >= 0.3 is 0 Å². The lowest BCUT2D eigenvalue weighted by molar-refractivity contribution is 0.0988. The fraction of sp³-hybridized carbons (Fsp3) is 0.320. The van der Waals surface area contributed by atoms with E-state index >= 15 is 0 Å². The van der Waals surface area contributed by atoms with Gasteiger partial charge in [0.15, 0.2) is 10.8 Å². The molecule has 4 heterocycles. The van der Waals surface area contributed by atoms with Gasteiger partial charge in [0, 0.05) is 30.2 Å². The molecule has 0 atom stereocenters. The van der Waals surface area contributed by atoms with Gasteiger partial charge in [-0.3, -0.25) is 9.78 Å². The van der Waals surface area contributed by atoms with Crippen LogP contribution in [-0.2, 0) is 6.42 Å². The van der Waals surface area contributed by atoms with Gasteiger partial charge in [0.05, 0.1) is 17.6 Å². The summed E-state index contributed by atoms with van der Waals surface area (Å²) in [6.45, 7) is 3.99. The van der Waals surface area contributed by atoms with Crippen molar-refractivity contribution in [1.29, 1.82) is 0 Å². The monoisotopic (exact) mass is 459 g/mol. The minimum atomic E-state index is 0.00609. The molecule has 5 rings (SSSR count). The fourth-order valence-electron chi connectivity index (χ4n) is 3.98. The molecule has 0 unspecified atom stereocenters. The molecule has 0 aliphatic carbocycles. The van der Waals surface area contributed by atoms with Crippen molar-refractivity contribution in [2.24, 2.45) is 0 Å². The Morgan fingerprint density at radius 2 is 2.00 bits per heavy atom. The van der Waals surface area contributed by atoms with Gasteiger partial charge in [-0.05, 0) is 57.1 Å². The molecule has 1 aliphatic rings. The van der Waals surface area contributed by atoms with Crippen LogP contribution in [0, 0.1) is 6.92 Å². The molecule has 0 N–H and O–H groups in total. The molecule has 1 fully saturated rings. The molecular weight excluding hydrogens is 434 g/mol. The van der Waals surface area contributed by atoms with E-state index < -0.39 is 0 Å². The number of carbonyl (C=O) groups is 1. The molecule has 0 saturated carbocycles. The van der Waals surface area contributed by atoms with E-state index in [9.17, 15) is 4.79 Å². The number of nitrogens with zero attached hydrogens (tertiary/aromatic N) is 5. The molecule has 7 nitrogen and oxygen atoms in total. The number of rotatable bonds is 6. The molecule has 3 aromatic heterocycles. The number of carbonyl (C=O) groups excluding carboxylic acids is 1. The van der Waals surface area contributed by atoms with Crippen LogP contribution in [-0.4, -0.2) is 57.1 Å². The van der Waals surface area contributed by atoms with E-state index in [1.807, 2.05) is 49.4 Å². The first-order valence-electron chi connectivity index (χ1n) is 11.1. The summed E-state index contributed by atoms with van der Waals surface area (Å²) in [4.78, 5) is 24.5. The molecule has 168 valence electrons. The first-order valence-corrected chi connectivity index (χ1v) is 11.9. The van der Waals surface area contributed by atoms with Crippen molar-refractivity contribution in [1.82, 2.24) is 25.1 Å². The summed E-state index contributed by atoms with van der Waals surface area (Å²) in [5, 5.41) is 10.9. The Labute approximate surface area is 196 Å². The maximum absolute atomic E-state index is 13.0. The Bertz CT molecular complexity index is 1300. The third-order valence-electron chi connectivity index (χ3n) is 5.84. The van der Waals surface area contributed by atoms with Crippen LogP contribution < -0.4 is 4.74 Å². The van der Waals surface area contributed by atoms with Crippen molar-refractivity contribution >= 4 is 28.0 Å². The predicted octanol–water partition coefficient (Wildman–Crippen LogP) is 4.36. The number of aromatic nitrogens is 4. The van der Waals surface area contributed by atoms with Crippen molar-refractivity contribution in [3.63, 3.8) is 0 Å². The number of fused-ring (bicyclic) bond motifs is 1. The van der Waals surface area contributed by atoms with Gasteiger partial charge in [-0.1, -0.05) is 23.5 Å². The quantitative estimate of drug-likeness (QED) is 0.396. The largest absolute Gasteiger partial charge is 0.490 e. The number of hydrogen-bond donors (Lipinski definition) is 0. The molecule has 0 amide bonds. The molecule has 1 saturated heterocycles. The lowest BCUT2D eigenvalue weighted by atomic mass is 10.0. The van der Waals surface area contributed by atoms with Crippen LogP contribution in [0.5, 0.6) is 5.75 Å². The highest BCUT2D eigenvalue weighted by atomic mass is 32.1. The standard InChI is InChI=1S/C25H25N5O2S/c1-16-28-29-25(33-16)22-7-6-18-15-26-19(13-23(18)27-22)14-24(31)17-4-3-5-21(12-17)32-20-8-10-30(2)11-9-20/h3-7,12-13,15,20H,8-11,14H2,1-2H3. The minimum absolute atomic E-state index is 0.00609. The second-order valence-corrected chi connectivity index (χ2v) is 9.62. The zero-order chi connectivity index (χ0) is 22.8. The summed E-state index contributed by atoms with van der Waals surface area (Å²) < 4.78 is 6.14. The second-order valence-electron chi connectivity index (χ2n) is 8.44. The Balaban J connectivity index is 1.31. The topological polar surface area (TPSA) is 81.1 Å². The summed E-state index contributed by atoms with van der Waals surface area (Å²) in [5.41, 5.74) is 2.88. The number of ketones is 1. The normalized spacial score (nSPS) is 15.1. The SMILES string of the molecule is Cc1nnc(-c2ccc3cnc(CC(=O)c4cccc(OC5CCN(C)CC5)c4)cc3n2)s1. The summed E-state index contributed by atoms with van der Waals surface area (Å²) in [6.07, 6.45) is 4.17. The van der Waals surface area contributed by atoms with Crippen LogP contribution in [0.1, 0.15) is 33.9 Å². The highest BCUT2D eigenvalue weighted by Gasteiger charge is 2.19. The number of pyridine rings is 2. The van der Waals surface area contributed by atoms with Gasteiger partial charge in [0.1, 0.15) is 22.6 Å². The fourth-order valence-corrected chi connectivity index (χ4v) is 4.64. The van der Waals surface area contributed by atoms with Gasteiger partial charge in [-0.2, -0.15) is 0 Å². The van der Waals surface area contributed by atoms with Crippen LogP contribution in [0.2, 0.25) is 0 Å². The average molecular weight is 460 g/mol. The molecule has 1 aliphatic heterocycles. The van der Waals surface area contributed by atoms with E-state index in [2.05, 4.69) is 27.1 Å². The predicted molar refractivity (Wildman–Crippen MR) is 129 cm³/mol. The maximum atomic E-state index is 13.0. The van der Waals surface area contributed by atoms with Crippen LogP contribution in [0.4, 0.5) is 0 Å². The second kappa shape index (κ2) is 9.33. The van der Waals surface area contributed by atoms with Gasteiger partial charge in [0.25, 0.3) is 0 Å². The van der Waals surface area contributed by atoms with Gasteiger partial charge in [-0.25, -0.2) is 4.98 Å². The maximum Gasteiger partial charge on any atom is 0.168 e. The lowest BCUT2D eigenvalue weighted by Crippen LogP contribution is -2.35. The first kappa shape index (κ1) is 21.6. The zero-order valence-corrected chi connectivity index (χ0v) is 19.5. The number of likely N-dealkylation sites (tertiary alicyclic amines) is 1. The smallest absolute Gasteiger partial charge is 0.168 e. The molecule has 1 aromatic carbocycles. The summed E-state index contributed by atoms with van der Waals surface area (Å²) >= 11 is 1.51. The molecule has 0 radical (unpaired) electrons. The Morgan fingerprint density at radius 3 is 2.79 bits per heavy atom. The number of hydrogen-bond acceptors (Lipinski definition) is 8. The number of piperidine rings is 1. The van der Waals surface area contributed by atoms with Crippen LogP contribution in [0.25, 0.3) is 21.6 Å². The third kappa shape index (κ3) is 5.07. The van der Waals surface area contributed by atoms with Crippen molar-refractivity contribution in [2.75, 3.05) is 20.1 Å². The molecular formula is C25H25N5O2S. The Kier molecular flexibility index (Phi) is 6.11. The van der Waals surface area contributed by atoms with E-state index in [4.69, 9.17) is 9.72 Å². The first-order chi connectivity index (χ1) is 16.0. The molecule has 8 heteroatoms. The minimum Gasteiger partial charge on any atom is -0.490 e. The molecule has 33 heavy (non-hydrogen) atoms. The Morgan fingerprint density at radius 1 is 1.15 bits per heavy atom. The molecule has 0 spiro atoms. The van der Waals surface area contributed by atoms with Crippen molar-refractivity contribution in [2.45, 2.75) is 32.3 Å². The van der Waals surface area contributed by atoms with Crippen LogP contribution >= 0.6 is 11.3 Å². The van der Waals surface area contributed by atoms with Gasteiger partial charge < -0.3 is 9.64 Å². The van der Waals surface area contributed by atoms with Crippen LogP contribution in [0.15, 0.2) is 48.7 Å². The number of benzene rings is 1. The highest BCUT2D eigenvalue weighted by molar-refractivity contribution is 7.14. The average Bonchev–Trinajstić information content (AvgIpc) is 3.26. The van der Waals surface area contributed by atoms with Gasteiger partial charge in [-0.15, -0.1) is 10.2 Å². The van der Waals surface area contributed by atoms with Gasteiger partial charge in [0.2, 0.25) is 0 Å². The number of aryl methyl sites for hydroxylation is 1. The third-order valence-corrected chi connectivity index (χ3v) is 6.70. The zero-order valence-electron chi connectivity index (χ0n) is 18.7. The number of ether oxygens (including phenoxy) is 1. The van der Waals surface area contributed by atoms with E-state index in [0.29, 0.717) is 11.3 Å². The highest BCUT2D eigenvalue weighted by Crippen LogP contribution is 2.24. The molecule has 4 aromatic rings. The summed E-state index contributed by atoms with van der Waals surface area (Å²) in [7, 11) is 2.13. The summed E-state index contributed by atoms with van der Waals surface area (Å²) in [5.74, 6) is 0.757. The number of Topliss-reactive ketones (excluding diaryl/α,β-unsaturated/α-hetero) is 1. The van der Waals surface area contributed by atoms with Crippen molar-refractivity contribution in [3.8, 4) is 16.5 Å².